The highest BCUT2D eigenvalue weighted by Crippen LogP contribution is 2.06. The highest BCUT2D eigenvalue weighted by molar-refractivity contribution is 7.98. The van der Waals surface area contributed by atoms with Crippen LogP contribution in [0.2, 0.25) is 0 Å². The van der Waals surface area contributed by atoms with Gasteiger partial charge < -0.3 is 10.3 Å². The van der Waals surface area contributed by atoms with Crippen molar-refractivity contribution in [2.45, 2.75) is 19.9 Å². The second-order valence-electron chi connectivity index (χ2n) is 2.78. The molecule has 0 radical (unpaired) electrons. The lowest BCUT2D eigenvalue weighted by Crippen LogP contribution is -2.02. The van der Waals surface area contributed by atoms with E-state index in [4.69, 9.17) is 5.73 Å². The Morgan fingerprint density at radius 2 is 2.42 bits per heavy atom. The van der Waals surface area contributed by atoms with E-state index in [9.17, 15) is 0 Å². The zero-order valence-electron chi connectivity index (χ0n) is 7.58. The lowest BCUT2D eigenvalue weighted by atomic mass is 10.5. The average Bonchev–Trinajstić information content (AvgIpc) is 2.31. The van der Waals surface area contributed by atoms with E-state index in [-0.39, 0.29) is 0 Å². The van der Waals surface area contributed by atoms with Crippen molar-refractivity contribution in [3.8, 4) is 0 Å². The zero-order valence-corrected chi connectivity index (χ0v) is 8.40. The van der Waals surface area contributed by atoms with Gasteiger partial charge in [0, 0.05) is 12.7 Å². The third-order valence-corrected chi connectivity index (χ3v) is 2.37. The summed E-state index contributed by atoms with van der Waals surface area (Å²) in [7, 11) is 0. The van der Waals surface area contributed by atoms with Crippen LogP contribution in [0.5, 0.6) is 0 Å². The van der Waals surface area contributed by atoms with Crippen molar-refractivity contribution in [1.82, 2.24) is 9.55 Å². The standard InChI is InChI=1S/C8H15N3S/c1-7-6-11(8(9)10-7)4-3-5-12-2/h6H,3-5H2,1-2H3,(H2,9,10). The van der Waals surface area contributed by atoms with Crippen LogP contribution >= 0.6 is 11.8 Å². The van der Waals surface area contributed by atoms with Crippen LogP contribution in [0.4, 0.5) is 5.95 Å². The smallest absolute Gasteiger partial charge is 0.200 e. The molecule has 0 atom stereocenters. The molecule has 3 nitrogen and oxygen atoms in total. The highest BCUT2D eigenvalue weighted by Gasteiger charge is 1.99. The van der Waals surface area contributed by atoms with E-state index in [1.165, 1.54) is 5.75 Å². The third-order valence-electron chi connectivity index (χ3n) is 1.68. The van der Waals surface area contributed by atoms with Gasteiger partial charge in [-0.05, 0) is 25.4 Å². The van der Waals surface area contributed by atoms with Crippen molar-refractivity contribution in [3.63, 3.8) is 0 Å². The molecule has 12 heavy (non-hydrogen) atoms. The summed E-state index contributed by atoms with van der Waals surface area (Å²) in [6.07, 6.45) is 5.26. The summed E-state index contributed by atoms with van der Waals surface area (Å²) in [5.41, 5.74) is 6.67. The van der Waals surface area contributed by atoms with E-state index in [2.05, 4.69) is 11.2 Å². The molecule has 2 N–H and O–H groups in total. The van der Waals surface area contributed by atoms with Crippen LogP contribution in [0.1, 0.15) is 12.1 Å². The van der Waals surface area contributed by atoms with Crippen molar-refractivity contribution in [2.24, 2.45) is 0 Å². The largest absolute Gasteiger partial charge is 0.369 e. The Hall–Kier alpha value is -0.640. The summed E-state index contributed by atoms with van der Waals surface area (Å²) in [6, 6.07) is 0. The fraction of sp³-hybridized carbons (Fsp3) is 0.625. The average molecular weight is 185 g/mol. The van der Waals surface area contributed by atoms with Crippen molar-refractivity contribution < 1.29 is 0 Å². The maximum absolute atomic E-state index is 5.67. The molecule has 0 saturated heterocycles. The Kier molecular flexibility index (Phi) is 3.47. The Labute approximate surface area is 77.4 Å². The van der Waals surface area contributed by atoms with Crippen LogP contribution in [-0.2, 0) is 6.54 Å². The number of aromatic nitrogens is 2. The molecule has 0 unspecified atom stereocenters. The first-order valence-electron chi connectivity index (χ1n) is 4.02. The number of hydrogen-bond acceptors (Lipinski definition) is 3. The lowest BCUT2D eigenvalue weighted by Gasteiger charge is -2.02. The first-order chi connectivity index (χ1) is 5.74. The topological polar surface area (TPSA) is 43.8 Å². The lowest BCUT2D eigenvalue weighted by molar-refractivity contribution is 0.693. The first-order valence-corrected chi connectivity index (χ1v) is 5.41. The van der Waals surface area contributed by atoms with Gasteiger partial charge in [-0.2, -0.15) is 11.8 Å². The SMILES string of the molecule is CSCCCn1cc(C)nc1N. The number of nitrogen functional groups attached to an aromatic ring is 1. The summed E-state index contributed by atoms with van der Waals surface area (Å²) in [6.45, 7) is 2.94. The van der Waals surface area contributed by atoms with Crippen molar-refractivity contribution in [3.05, 3.63) is 11.9 Å². The quantitative estimate of drug-likeness (QED) is 0.723. The molecule has 0 bridgehead atoms. The number of aryl methyl sites for hydroxylation is 2. The molecule has 0 aliphatic carbocycles. The van der Waals surface area contributed by atoms with Gasteiger partial charge in [0.1, 0.15) is 0 Å². The van der Waals surface area contributed by atoms with Crippen molar-refractivity contribution in [1.29, 1.82) is 0 Å². The molecule has 0 spiro atoms. The fourth-order valence-electron chi connectivity index (χ4n) is 1.12. The number of thioether (sulfide) groups is 1. The maximum Gasteiger partial charge on any atom is 0.200 e. The number of rotatable bonds is 4. The molecule has 1 aromatic rings. The van der Waals surface area contributed by atoms with Gasteiger partial charge in [-0.3, -0.25) is 0 Å². The van der Waals surface area contributed by atoms with Crippen molar-refractivity contribution >= 4 is 17.7 Å². The van der Waals surface area contributed by atoms with Gasteiger partial charge >= 0.3 is 0 Å². The molecule has 0 fully saturated rings. The molecule has 1 rings (SSSR count). The van der Waals surface area contributed by atoms with Crippen LogP contribution in [0.3, 0.4) is 0 Å². The summed E-state index contributed by atoms with van der Waals surface area (Å²) in [5, 5.41) is 0. The second kappa shape index (κ2) is 4.40. The van der Waals surface area contributed by atoms with E-state index in [1.807, 2.05) is 29.4 Å². The molecule has 1 heterocycles. The van der Waals surface area contributed by atoms with Gasteiger partial charge in [0.2, 0.25) is 0 Å². The minimum absolute atomic E-state index is 0.633. The first kappa shape index (κ1) is 9.45. The van der Waals surface area contributed by atoms with Crippen molar-refractivity contribution in [2.75, 3.05) is 17.7 Å². The summed E-state index contributed by atoms with van der Waals surface area (Å²) in [5.74, 6) is 1.81. The fourth-order valence-corrected chi connectivity index (χ4v) is 1.54. The van der Waals surface area contributed by atoms with Crippen LogP contribution in [-0.4, -0.2) is 21.6 Å². The molecule has 4 heteroatoms. The van der Waals surface area contributed by atoms with E-state index < -0.39 is 0 Å². The monoisotopic (exact) mass is 185 g/mol. The number of anilines is 1. The number of hydrogen-bond donors (Lipinski definition) is 1. The minimum atomic E-state index is 0.633. The van der Waals surface area contributed by atoms with Crippen LogP contribution in [0.25, 0.3) is 0 Å². The van der Waals surface area contributed by atoms with Gasteiger partial charge in [0.05, 0.1) is 5.69 Å². The van der Waals surface area contributed by atoms with E-state index in [1.54, 1.807) is 0 Å². The van der Waals surface area contributed by atoms with Gasteiger partial charge in [-0.25, -0.2) is 4.98 Å². The normalized spacial score (nSPS) is 10.5. The van der Waals surface area contributed by atoms with Crippen LogP contribution in [0.15, 0.2) is 6.20 Å². The predicted octanol–water partition coefficient (Wildman–Crippen LogP) is 1.53. The Balaban J connectivity index is 2.45. The number of imidazole rings is 1. The van der Waals surface area contributed by atoms with E-state index in [0.29, 0.717) is 5.95 Å². The molecule has 0 aliphatic heterocycles. The van der Waals surface area contributed by atoms with E-state index in [0.717, 1.165) is 18.7 Å². The molecule has 0 saturated carbocycles. The molecule has 1 aromatic heterocycles. The Bertz CT molecular complexity index is 244. The number of nitrogens with zero attached hydrogens (tertiary/aromatic N) is 2. The summed E-state index contributed by atoms with van der Waals surface area (Å²) >= 11 is 1.86. The highest BCUT2D eigenvalue weighted by atomic mass is 32.2. The zero-order chi connectivity index (χ0) is 8.97. The molecular weight excluding hydrogens is 170 g/mol. The summed E-state index contributed by atoms with van der Waals surface area (Å²) in [4.78, 5) is 4.12. The van der Waals surface area contributed by atoms with Crippen LogP contribution < -0.4 is 5.73 Å². The Morgan fingerprint density at radius 3 is 2.92 bits per heavy atom. The van der Waals surface area contributed by atoms with E-state index >= 15 is 0 Å². The molecule has 0 amide bonds. The predicted molar refractivity (Wildman–Crippen MR) is 54.4 cm³/mol. The second-order valence-corrected chi connectivity index (χ2v) is 3.77. The molecular formula is C8H15N3S. The third kappa shape index (κ3) is 2.44. The molecule has 0 aliphatic rings. The summed E-state index contributed by atoms with van der Waals surface area (Å²) < 4.78 is 2.01. The van der Waals surface area contributed by atoms with Gasteiger partial charge in [0.25, 0.3) is 0 Å². The number of nitrogens with two attached hydrogens (primary N) is 1. The van der Waals surface area contributed by atoms with Crippen LogP contribution in [0, 0.1) is 6.92 Å². The van der Waals surface area contributed by atoms with Gasteiger partial charge in [-0.1, -0.05) is 0 Å². The molecule has 0 aromatic carbocycles. The molecule has 68 valence electrons. The van der Waals surface area contributed by atoms with Gasteiger partial charge in [0.15, 0.2) is 5.95 Å². The Morgan fingerprint density at radius 1 is 1.67 bits per heavy atom. The van der Waals surface area contributed by atoms with Gasteiger partial charge in [-0.15, -0.1) is 0 Å². The minimum Gasteiger partial charge on any atom is -0.369 e. The maximum atomic E-state index is 5.67.